The highest BCUT2D eigenvalue weighted by molar-refractivity contribution is 14.0. The van der Waals surface area contributed by atoms with Crippen LogP contribution in [-0.2, 0) is 0 Å². The van der Waals surface area contributed by atoms with E-state index in [0.29, 0.717) is 12.1 Å². The molecule has 1 aliphatic heterocycles. The summed E-state index contributed by atoms with van der Waals surface area (Å²) in [5.74, 6) is 1.69. The second-order valence-corrected chi connectivity index (χ2v) is 7.16. The molecule has 0 spiro atoms. The van der Waals surface area contributed by atoms with Crippen LogP contribution in [0.4, 0.5) is 0 Å². The van der Waals surface area contributed by atoms with Crippen LogP contribution in [0.1, 0.15) is 40.5 Å². The molecule has 0 aliphatic carbocycles. The van der Waals surface area contributed by atoms with Crippen LogP contribution in [0.2, 0.25) is 0 Å². The molecule has 0 amide bonds. The molecule has 0 bridgehead atoms. The lowest BCUT2D eigenvalue weighted by molar-refractivity contribution is 0.120. The number of nitrogens with one attached hydrogen (secondary N) is 2. The van der Waals surface area contributed by atoms with Gasteiger partial charge in [-0.05, 0) is 39.7 Å². The zero-order chi connectivity index (χ0) is 16.5. The highest BCUT2D eigenvalue weighted by Gasteiger charge is 2.19. The molecule has 1 rings (SSSR count). The Morgan fingerprint density at radius 2 is 1.65 bits per heavy atom. The first-order valence-electron chi connectivity index (χ1n) is 8.82. The minimum absolute atomic E-state index is 0. The van der Waals surface area contributed by atoms with E-state index in [1.807, 2.05) is 7.05 Å². The van der Waals surface area contributed by atoms with Crippen LogP contribution in [0.3, 0.4) is 0 Å². The van der Waals surface area contributed by atoms with Crippen LogP contribution in [-0.4, -0.2) is 74.7 Å². The molecule has 0 aromatic carbocycles. The van der Waals surface area contributed by atoms with Gasteiger partial charge >= 0.3 is 0 Å². The summed E-state index contributed by atoms with van der Waals surface area (Å²) in [5.41, 5.74) is 0. The predicted molar refractivity (Wildman–Crippen MR) is 112 cm³/mol. The van der Waals surface area contributed by atoms with E-state index < -0.39 is 0 Å². The molecule has 1 saturated heterocycles. The van der Waals surface area contributed by atoms with Crippen LogP contribution in [0.25, 0.3) is 0 Å². The molecule has 2 atom stereocenters. The number of piperazine rings is 1. The SMILES string of the molecule is CN=C(NCC(C)N1CCN(C)CC1)NC(C)CCC(C)C.I. The summed E-state index contributed by atoms with van der Waals surface area (Å²) in [7, 11) is 4.05. The molecule has 23 heavy (non-hydrogen) atoms. The van der Waals surface area contributed by atoms with Crippen molar-refractivity contribution in [3.05, 3.63) is 0 Å². The molecule has 0 aromatic rings. The van der Waals surface area contributed by atoms with Crippen LogP contribution < -0.4 is 10.6 Å². The van der Waals surface area contributed by atoms with Gasteiger partial charge in [-0.15, -0.1) is 24.0 Å². The van der Waals surface area contributed by atoms with Gasteiger partial charge in [0.15, 0.2) is 5.96 Å². The van der Waals surface area contributed by atoms with E-state index in [-0.39, 0.29) is 24.0 Å². The second kappa shape index (κ2) is 12.3. The smallest absolute Gasteiger partial charge is 0.191 e. The highest BCUT2D eigenvalue weighted by Crippen LogP contribution is 2.06. The van der Waals surface area contributed by atoms with Gasteiger partial charge in [0.25, 0.3) is 0 Å². The van der Waals surface area contributed by atoms with E-state index in [4.69, 9.17) is 0 Å². The van der Waals surface area contributed by atoms with E-state index in [2.05, 4.69) is 60.2 Å². The van der Waals surface area contributed by atoms with E-state index in [1.165, 1.54) is 25.9 Å². The number of halogens is 1. The Labute approximate surface area is 160 Å². The number of hydrogen-bond acceptors (Lipinski definition) is 3. The minimum Gasteiger partial charge on any atom is -0.355 e. The first-order valence-corrected chi connectivity index (χ1v) is 8.82. The first kappa shape index (κ1) is 22.9. The minimum atomic E-state index is 0. The fourth-order valence-electron chi connectivity index (χ4n) is 2.72. The van der Waals surface area contributed by atoms with Crippen molar-refractivity contribution < 1.29 is 0 Å². The Balaban J connectivity index is 0.00000484. The van der Waals surface area contributed by atoms with E-state index in [9.17, 15) is 0 Å². The fraction of sp³-hybridized carbons (Fsp3) is 0.941. The molecule has 138 valence electrons. The third kappa shape index (κ3) is 9.72. The van der Waals surface area contributed by atoms with Crippen LogP contribution in [0, 0.1) is 5.92 Å². The molecule has 2 N–H and O–H groups in total. The van der Waals surface area contributed by atoms with Crippen LogP contribution >= 0.6 is 24.0 Å². The summed E-state index contributed by atoms with van der Waals surface area (Å²) in [6.07, 6.45) is 2.44. The zero-order valence-corrected chi connectivity index (χ0v) is 18.3. The molecule has 1 aliphatic rings. The van der Waals surface area contributed by atoms with Crippen molar-refractivity contribution in [2.75, 3.05) is 46.8 Å². The standard InChI is InChI=1S/C17H37N5.HI/c1-14(2)7-8-15(3)20-17(18-5)19-13-16(4)22-11-9-21(6)10-12-22;/h14-16H,7-13H2,1-6H3,(H2,18,19,20);1H. The average Bonchev–Trinajstić information content (AvgIpc) is 2.49. The molecule has 1 heterocycles. The Morgan fingerprint density at radius 1 is 1.04 bits per heavy atom. The average molecular weight is 439 g/mol. The summed E-state index contributed by atoms with van der Waals surface area (Å²) in [5, 5.41) is 6.98. The van der Waals surface area contributed by atoms with Gasteiger partial charge < -0.3 is 15.5 Å². The number of rotatable bonds is 7. The second-order valence-electron chi connectivity index (χ2n) is 7.16. The van der Waals surface area contributed by atoms with Gasteiger partial charge in [0, 0.05) is 51.9 Å². The molecule has 0 aromatic heterocycles. The van der Waals surface area contributed by atoms with E-state index in [1.54, 1.807) is 0 Å². The maximum absolute atomic E-state index is 4.35. The lowest BCUT2D eigenvalue weighted by atomic mass is 10.0. The number of guanidine groups is 1. The summed E-state index contributed by atoms with van der Waals surface area (Å²) >= 11 is 0. The van der Waals surface area contributed by atoms with Crippen molar-refractivity contribution in [2.24, 2.45) is 10.9 Å². The van der Waals surface area contributed by atoms with Gasteiger partial charge in [-0.3, -0.25) is 9.89 Å². The van der Waals surface area contributed by atoms with Gasteiger partial charge in [0.1, 0.15) is 0 Å². The molecular weight excluding hydrogens is 401 g/mol. The summed E-state index contributed by atoms with van der Waals surface area (Å²) in [6.45, 7) is 14.7. The van der Waals surface area contributed by atoms with Crippen molar-refractivity contribution in [1.29, 1.82) is 0 Å². The molecule has 1 fully saturated rings. The van der Waals surface area contributed by atoms with E-state index >= 15 is 0 Å². The lowest BCUT2D eigenvalue weighted by Gasteiger charge is -2.36. The van der Waals surface area contributed by atoms with Crippen molar-refractivity contribution >= 4 is 29.9 Å². The largest absolute Gasteiger partial charge is 0.355 e. The Bertz CT molecular complexity index is 327. The predicted octanol–water partition coefficient (Wildman–Crippen LogP) is 2.23. The summed E-state index contributed by atoms with van der Waals surface area (Å²) < 4.78 is 0. The van der Waals surface area contributed by atoms with Crippen LogP contribution in [0.5, 0.6) is 0 Å². The lowest BCUT2D eigenvalue weighted by Crippen LogP contribution is -2.52. The molecule has 2 unspecified atom stereocenters. The van der Waals surface area contributed by atoms with Gasteiger partial charge in [0.05, 0.1) is 0 Å². The molecule has 5 nitrogen and oxygen atoms in total. The van der Waals surface area contributed by atoms with Crippen molar-refractivity contribution in [3.63, 3.8) is 0 Å². The number of likely N-dealkylation sites (N-methyl/N-ethyl adjacent to an activating group) is 1. The number of aliphatic imine (C=N–C) groups is 1. The molecule has 0 saturated carbocycles. The molecular formula is C17H38IN5. The summed E-state index contributed by atoms with van der Waals surface area (Å²) in [4.78, 5) is 9.31. The Hall–Kier alpha value is -0.0800. The number of hydrogen-bond donors (Lipinski definition) is 2. The van der Waals surface area contributed by atoms with Gasteiger partial charge in [-0.25, -0.2) is 0 Å². The molecule has 6 heteroatoms. The highest BCUT2D eigenvalue weighted by atomic mass is 127. The maximum Gasteiger partial charge on any atom is 0.191 e. The van der Waals surface area contributed by atoms with Gasteiger partial charge in [0.2, 0.25) is 0 Å². The van der Waals surface area contributed by atoms with Crippen molar-refractivity contribution in [2.45, 2.75) is 52.6 Å². The van der Waals surface area contributed by atoms with E-state index in [0.717, 1.165) is 31.5 Å². The van der Waals surface area contributed by atoms with Crippen molar-refractivity contribution in [1.82, 2.24) is 20.4 Å². The first-order chi connectivity index (χ1) is 10.4. The Kier molecular flexibility index (Phi) is 12.3. The van der Waals surface area contributed by atoms with Gasteiger partial charge in [-0.1, -0.05) is 13.8 Å². The van der Waals surface area contributed by atoms with Crippen LogP contribution in [0.15, 0.2) is 4.99 Å². The zero-order valence-electron chi connectivity index (χ0n) is 15.9. The fourth-order valence-corrected chi connectivity index (χ4v) is 2.72. The quantitative estimate of drug-likeness (QED) is 0.363. The van der Waals surface area contributed by atoms with Gasteiger partial charge in [-0.2, -0.15) is 0 Å². The maximum atomic E-state index is 4.35. The topological polar surface area (TPSA) is 42.9 Å². The third-order valence-corrected chi connectivity index (χ3v) is 4.51. The monoisotopic (exact) mass is 439 g/mol. The summed E-state index contributed by atoms with van der Waals surface area (Å²) in [6, 6.07) is 1.01. The Morgan fingerprint density at radius 3 is 2.17 bits per heavy atom. The normalized spacial score (nSPS) is 20.0. The molecule has 0 radical (unpaired) electrons. The number of nitrogens with zero attached hydrogens (tertiary/aromatic N) is 3. The third-order valence-electron chi connectivity index (χ3n) is 4.51. The van der Waals surface area contributed by atoms with Crippen molar-refractivity contribution in [3.8, 4) is 0 Å².